The molecule has 11 heteroatoms. The third-order valence-corrected chi connectivity index (χ3v) is 5.64. The van der Waals surface area contributed by atoms with Gasteiger partial charge < -0.3 is 9.84 Å². The maximum absolute atomic E-state index is 13.9. The van der Waals surface area contributed by atoms with Gasteiger partial charge in [0, 0.05) is 17.7 Å². The van der Waals surface area contributed by atoms with Crippen LogP contribution in [0.2, 0.25) is 5.02 Å². The molecule has 1 N–H and O–H groups in total. The number of amides is 1. The van der Waals surface area contributed by atoms with Gasteiger partial charge in [0.25, 0.3) is 0 Å². The second-order valence-corrected chi connectivity index (χ2v) is 8.78. The van der Waals surface area contributed by atoms with Crippen molar-refractivity contribution in [3.05, 3.63) is 70.8 Å². The SMILES string of the molecule is CS(=O)(=O)N(CC(=O)NCc1nc(-c2ccccc2Cl)no1)Cc1ccccc1F. The zero-order valence-corrected chi connectivity index (χ0v) is 17.5. The lowest BCUT2D eigenvalue weighted by atomic mass is 10.2. The predicted molar refractivity (Wildman–Crippen MR) is 108 cm³/mol. The molecule has 0 unspecified atom stereocenters. The predicted octanol–water partition coefficient (Wildman–Crippen LogP) is 2.61. The van der Waals surface area contributed by atoms with Crippen LogP contribution in [0.4, 0.5) is 4.39 Å². The highest BCUT2D eigenvalue weighted by Crippen LogP contribution is 2.24. The van der Waals surface area contributed by atoms with Crippen molar-refractivity contribution in [1.29, 1.82) is 0 Å². The summed E-state index contributed by atoms with van der Waals surface area (Å²) in [5, 5.41) is 6.78. The molecule has 3 aromatic rings. The molecular weight excluding hydrogens is 435 g/mol. The third-order valence-electron chi connectivity index (χ3n) is 4.11. The van der Waals surface area contributed by atoms with Gasteiger partial charge in [-0.1, -0.05) is 47.1 Å². The number of hydrogen-bond donors (Lipinski definition) is 1. The average Bonchev–Trinajstić information content (AvgIpc) is 3.16. The van der Waals surface area contributed by atoms with E-state index in [1.165, 1.54) is 18.2 Å². The quantitative estimate of drug-likeness (QED) is 0.563. The van der Waals surface area contributed by atoms with Crippen molar-refractivity contribution in [1.82, 2.24) is 19.8 Å². The number of rotatable bonds is 8. The molecule has 158 valence electrons. The first kappa shape index (κ1) is 21.9. The summed E-state index contributed by atoms with van der Waals surface area (Å²) in [6.07, 6.45) is 0.953. The van der Waals surface area contributed by atoms with E-state index < -0.39 is 28.3 Å². The van der Waals surface area contributed by atoms with E-state index in [1.54, 1.807) is 30.3 Å². The topological polar surface area (TPSA) is 105 Å². The fourth-order valence-corrected chi connectivity index (χ4v) is 3.52. The highest BCUT2D eigenvalue weighted by atomic mass is 35.5. The lowest BCUT2D eigenvalue weighted by Gasteiger charge is -2.19. The van der Waals surface area contributed by atoms with E-state index in [1.807, 2.05) is 0 Å². The number of nitrogens with one attached hydrogen (secondary N) is 1. The van der Waals surface area contributed by atoms with Crippen molar-refractivity contribution in [2.24, 2.45) is 0 Å². The fourth-order valence-electron chi connectivity index (χ4n) is 2.58. The summed E-state index contributed by atoms with van der Waals surface area (Å²) in [5.41, 5.74) is 0.741. The van der Waals surface area contributed by atoms with Crippen LogP contribution in [0.15, 0.2) is 53.1 Å². The molecule has 2 aromatic carbocycles. The van der Waals surface area contributed by atoms with Gasteiger partial charge in [-0.15, -0.1) is 0 Å². The van der Waals surface area contributed by atoms with Crippen LogP contribution in [0.1, 0.15) is 11.5 Å². The molecule has 0 spiro atoms. The van der Waals surface area contributed by atoms with Gasteiger partial charge in [-0.25, -0.2) is 12.8 Å². The summed E-state index contributed by atoms with van der Waals surface area (Å²) in [4.78, 5) is 16.4. The fraction of sp³-hybridized carbons (Fsp3) is 0.211. The first-order chi connectivity index (χ1) is 14.2. The Kier molecular flexibility index (Phi) is 6.80. The van der Waals surface area contributed by atoms with E-state index in [0.717, 1.165) is 10.6 Å². The van der Waals surface area contributed by atoms with E-state index in [-0.39, 0.29) is 30.4 Å². The van der Waals surface area contributed by atoms with Crippen LogP contribution in [0.5, 0.6) is 0 Å². The average molecular weight is 453 g/mol. The second-order valence-electron chi connectivity index (χ2n) is 6.39. The molecule has 30 heavy (non-hydrogen) atoms. The van der Waals surface area contributed by atoms with E-state index >= 15 is 0 Å². The van der Waals surface area contributed by atoms with Crippen LogP contribution >= 0.6 is 11.6 Å². The Balaban J connectivity index is 1.62. The maximum atomic E-state index is 13.9. The number of halogens is 2. The number of benzene rings is 2. The Morgan fingerprint density at radius 1 is 1.20 bits per heavy atom. The first-order valence-corrected chi connectivity index (χ1v) is 11.0. The second kappa shape index (κ2) is 9.33. The number of carbonyl (C=O) groups excluding carboxylic acids is 1. The van der Waals surface area contributed by atoms with E-state index in [9.17, 15) is 17.6 Å². The van der Waals surface area contributed by atoms with Crippen LogP contribution < -0.4 is 5.32 Å². The zero-order chi connectivity index (χ0) is 21.7. The molecule has 0 aliphatic carbocycles. The Bertz CT molecular complexity index is 1150. The van der Waals surface area contributed by atoms with Crippen LogP contribution in [-0.2, 0) is 27.9 Å². The molecular formula is C19H18ClFN4O4S. The van der Waals surface area contributed by atoms with Crippen LogP contribution in [0.3, 0.4) is 0 Å². The molecule has 3 rings (SSSR count). The van der Waals surface area contributed by atoms with Crippen molar-refractivity contribution < 1.29 is 22.1 Å². The summed E-state index contributed by atoms with van der Waals surface area (Å²) >= 11 is 6.09. The third kappa shape index (κ3) is 5.62. The Morgan fingerprint density at radius 2 is 1.90 bits per heavy atom. The summed E-state index contributed by atoms with van der Waals surface area (Å²) in [5.74, 6) is -0.765. The van der Waals surface area contributed by atoms with Crippen molar-refractivity contribution >= 4 is 27.5 Å². The lowest BCUT2D eigenvalue weighted by molar-refractivity contribution is -0.121. The summed E-state index contributed by atoms with van der Waals surface area (Å²) in [7, 11) is -3.75. The molecule has 0 aliphatic heterocycles. The monoisotopic (exact) mass is 452 g/mol. The zero-order valence-electron chi connectivity index (χ0n) is 15.9. The normalized spacial score (nSPS) is 11.6. The number of nitrogens with zero attached hydrogens (tertiary/aromatic N) is 3. The number of sulfonamides is 1. The van der Waals surface area contributed by atoms with Crippen molar-refractivity contribution in [3.8, 4) is 11.4 Å². The molecule has 0 radical (unpaired) electrons. The summed E-state index contributed by atoms with van der Waals surface area (Å²) in [6, 6.07) is 12.7. The number of hydrogen-bond acceptors (Lipinski definition) is 6. The standard InChI is InChI=1S/C19H18ClFN4O4S/c1-30(27,28)25(11-13-6-2-5-9-16(13)21)12-17(26)22-10-18-23-19(24-29-18)14-7-3-4-8-15(14)20/h2-9H,10-12H2,1H3,(H,22,26). The minimum absolute atomic E-state index is 0.104. The van der Waals surface area contributed by atoms with Gasteiger partial charge in [-0.3, -0.25) is 4.79 Å². The molecule has 0 fully saturated rings. The first-order valence-electron chi connectivity index (χ1n) is 8.77. The minimum Gasteiger partial charge on any atom is -0.346 e. The number of aromatic nitrogens is 2. The highest BCUT2D eigenvalue weighted by Gasteiger charge is 2.22. The maximum Gasteiger partial charge on any atom is 0.246 e. The molecule has 1 amide bonds. The Morgan fingerprint density at radius 3 is 2.60 bits per heavy atom. The molecule has 0 saturated heterocycles. The molecule has 8 nitrogen and oxygen atoms in total. The van der Waals surface area contributed by atoms with Crippen molar-refractivity contribution in [3.63, 3.8) is 0 Å². The van der Waals surface area contributed by atoms with E-state index in [0.29, 0.717) is 10.6 Å². The van der Waals surface area contributed by atoms with Gasteiger partial charge >= 0.3 is 0 Å². The molecule has 1 aromatic heterocycles. The van der Waals surface area contributed by atoms with Gasteiger partial charge in [0.05, 0.1) is 24.4 Å². The lowest BCUT2D eigenvalue weighted by Crippen LogP contribution is -2.39. The molecule has 0 atom stereocenters. The molecule has 0 bridgehead atoms. The van der Waals surface area contributed by atoms with E-state index in [4.69, 9.17) is 16.1 Å². The van der Waals surface area contributed by atoms with Crippen molar-refractivity contribution in [2.75, 3.05) is 12.8 Å². The van der Waals surface area contributed by atoms with Crippen LogP contribution in [0.25, 0.3) is 11.4 Å². The van der Waals surface area contributed by atoms with Crippen LogP contribution in [-0.4, -0.2) is 41.6 Å². The number of carbonyl (C=O) groups is 1. The molecule has 1 heterocycles. The van der Waals surface area contributed by atoms with Gasteiger partial charge in [0.2, 0.25) is 27.6 Å². The molecule has 0 saturated carbocycles. The van der Waals surface area contributed by atoms with Gasteiger partial charge in [0.1, 0.15) is 5.82 Å². The van der Waals surface area contributed by atoms with Gasteiger partial charge in [-0.2, -0.15) is 9.29 Å². The molecule has 0 aliphatic rings. The Labute approximate surface area is 177 Å². The minimum atomic E-state index is -3.75. The van der Waals surface area contributed by atoms with Crippen LogP contribution in [0, 0.1) is 5.82 Å². The summed E-state index contributed by atoms with van der Waals surface area (Å²) in [6.45, 7) is -0.859. The van der Waals surface area contributed by atoms with Gasteiger partial charge in [-0.05, 0) is 18.2 Å². The van der Waals surface area contributed by atoms with E-state index in [2.05, 4.69) is 15.5 Å². The highest BCUT2D eigenvalue weighted by molar-refractivity contribution is 7.88. The summed E-state index contributed by atoms with van der Waals surface area (Å²) < 4.78 is 43.9. The van der Waals surface area contributed by atoms with Crippen molar-refractivity contribution in [2.45, 2.75) is 13.1 Å². The smallest absolute Gasteiger partial charge is 0.246 e. The van der Waals surface area contributed by atoms with Gasteiger partial charge in [0.15, 0.2) is 0 Å². The largest absolute Gasteiger partial charge is 0.346 e. The Hall–Kier alpha value is -2.82.